The molecule has 0 bridgehead atoms. The van der Waals surface area contributed by atoms with Crippen molar-refractivity contribution in [1.29, 1.82) is 0 Å². The van der Waals surface area contributed by atoms with Crippen molar-refractivity contribution in [2.75, 3.05) is 65.5 Å². The maximum atomic E-state index is 12.9. The smallest absolute Gasteiger partial charge is 0.323 e. The molecule has 0 unspecified atom stereocenters. The van der Waals surface area contributed by atoms with E-state index < -0.39 is 20.0 Å². The molecule has 10 aromatic rings. The molecule has 0 saturated carbocycles. The topological polar surface area (TPSA) is 189 Å². The fraction of sp³-hybridized carbons (Fsp3) is 0.191. The highest BCUT2D eigenvalue weighted by Crippen LogP contribution is 2.37. The standard InChI is InChI=1S/C27H27ClN4O3S2.C16H19N.C15H15Br.C10H10ClN3O2S2/c1-32(18-17-23(19-9-5-3-6-10-19)20-11-7-4-8-12-20)27(33)30-26-29-24(25(28)36-26)21-13-15-22(16-14-21)31-37(2,34)35;1-17-13-12-16(14-8-4-2-5-9-14)15-10-6-3-7-11-15;16-12-11-15(13-7-3-1-4-8-13)14-9-5-2-6-10-14;1-18(15,16)14-7-4-2-6(3-5-7)8-9(11)17-10(12)13-8/h3-16,23,31H,17-18H2,1-2H3,(H,29,30,33);2-11,16-17H,12-13H2,1H3;1-10,15H,11-12H2;2-5,14H,1H3,(H2,12,13). The second-order valence-corrected chi connectivity index (χ2v) is 27.9. The van der Waals surface area contributed by atoms with Crippen LogP contribution in [-0.2, 0) is 20.0 Å². The Hall–Kier alpha value is -7.39. The van der Waals surface area contributed by atoms with Crippen molar-refractivity contribution in [3.8, 4) is 22.5 Å². The van der Waals surface area contributed by atoms with Gasteiger partial charge in [-0.25, -0.2) is 31.6 Å². The van der Waals surface area contributed by atoms with E-state index in [-0.39, 0.29) is 11.9 Å². The number of carbonyl (C=O) groups is 1. The van der Waals surface area contributed by atoms with Crippen molar-refractivity contribution in [1.82, 2.24) is 20.2 Å². The maximum absolute atomic E-state index is 12.9. The molecule has 458 valence electrons. The molecule has 6 N–H and O–H groups in total. The van der Waals surface area contributed by atoms with Gasteiger partial charge in [0.25, 0.3) is 0 Å². The molecule has 10 rings (SSSR count). The minimum absolute atomic E-state index is 0.165. The third-order valence-corrected chi connectivity index (χ3v) is 17.6. The number of rotatable bonds is 21. The number of nitrogen functional groups attached to an aromatic ring is 1. The van der Waals surface area contributed by atoms with E-state index in [9.17, 15) is 21.6 Å². The minimum atomic E-state index is -3.36. The first-order valence-electron chi connectivity index (χ1n) is 28.1. The lowest BCUT2D eigenvalue weighted by molar-refractivity contribution is 0.221. The van der Waals surface area contributed by atoms with Crippen molar-refractivity contribution in [3.63, 3.8) is 0 Å². The molecule has 8 aromatic carbocycles. The molecule has 2 aromatic heterocycles. The molecular weight excluding hydrogens is 1290 g/mol. The van der Waals surface area contributed by atoms with Gasteiger partial charge in [0.1, 0.15) is 20.1 Å². The quantitative estimate of drug-likeness (QED) is 0.0436. The van der Waals surface area contributed by atoms with E-state index in [4.69, 9.17) is 28.9 Å². The van der Waals surface area contributed by atoms with Crippen LogP contribution in [0.15, 0.2) is 231 Å². The molecule has 88 heavy (non-hydrogen) atoms. The number of urea groups is 1. The molecule has 0 atom stereocenters. The van der Waals surface area contributed by atoms with Crippen LogP contribution in [-0.4, -0.2) is 82.8 Å². The molecule has 20 heteroatoms. The molecule has 2 heterocycles. The highest BCUT2D eigenvalue weighted by atomic mass is 79.9. The summed E-state index contributed by atoms with van der Waals surface area (Å²) in [5.74, 6) is 1.16. The van der Waals surface area contributed by atoms with Gasteiger partial charge in [0.15, 0.2) is 10.3 Å². The van der Waals surface area contributed by atoms with Crippen molar-refractivity contribution >= 4 is 110 Å². The summed E-state index contributed by atoms with van der Waals surface area (Å²) in [6, 6.07) is 76.6. The van der Waals surface area contributed by atoms with Crippen LogP contribution in [0, 0.1) is 0 Å². The molecular formula is C68H71BrCl2N8O5S4. The van der Waals surface area contributed by atoms with Crippen LogP contribution in [0.5, 0.6) is 0 Å². The van der Waals surface area contributed by atoms with E-state index in [1.165, 1.54) is 56.1 Å². The third-order valence-electron chi connectivity index (χ3n) is 13.7. The number of alkyl halides is 1. The maximum Gasteiger partial charge on any atom is 0.323 e. The predicted octanol–water partition coefficient (Wildman–Crippen LogP) is 17.0. The molecule has 13 nitrogen and oxygen atoms in total. The van der Waals surface area contributed by atoms with Gasteiger partial charge in [0, 0.05) is 59.2 Å². The van der Waals surface area contributed by atoms with E-state index in [2.05, 4.69) is 192 Å². The lowest BCUT2D eigenvalue weighted by Gasteiger charge is -2.22. The van der Waals surface area contributed by atoms with Gasteiger partial charge in [-0.1, -0.05) is 268 Å². The monoisotopic (exact) mass is 1360 g/mol. The number of sulfonamides is 2. The largest absolute Gasteiger partial charge is 0.375 e. The Morgan fingerprint density at radius 3 is 1.16 bits per heavy atom. The molecule has 0 spiro atoms. The summed E-state index contributed by atoms with van der Waals surface area (Å²) in [5.41, 5.74) is 17.1. The summed E-state index contributed by atoms with van der Waals surface area (Å²) in [4.78, 5) is 23.1. The summed E-state index contributed by atoms with van der Waals surface area (Å²) in [5, 5.41) is 7.89. The Balaban J connectivity index is 0.000000182. The lowest BCUT2D eigenvalue weighted by atomic mass is 9.88. The van der Waals surface area contributed by atoms with Gasteiger partial charge in [0.2, 0.25) is 20.0 Å². The number of carbonyl (C=O) groups excluding carboxylic acids is 1. The van der Waals surface area contributed by atoms with Crippen LogP contribution in [0.2, 0.25) is 8.67 Å². The second-order valence-electron chi connectivity index (χ2n) is 20.4. The number of hydrogen-bond acceptors (Lipinski definition) is 11. The van der Waals surface area contributed by atoms with Crippen molar-refractivity contribution in [2.24, 2.45) is 0 Å². The van der Waals surface area contributed by atoms with E-state index in [1.807, 2.05) is 43.4 Å². The zero-order valence-electron chi connectivity index (χ0n) is 49.1. The number of hydrogen-bond donors (Lipinski definition) is 5. The van der Waals surface area contributed by atoms with Crippen LogP contribution in [0.25, 0.3) is 22.5 Å². The summed E-state index contributed by atoms with van der Waals surface area (Å²) < 4.78 is 50.7. The molecule has 0 aliphatic carbocycles. The minimum Gasteiger partial charge on any atom is -0.375 e. The van der Waals surface area contributed by atoms with E-state index in [0.717, 1.165) is 49.2 Å². The fourth-order valence-corrected chi connectivity index (χ4v) is 13.2. The predicted molar refractivity (Wildman–Crippen MR) is 374 cm³/mol. The van der Waals surface area contributed by atoms with Gasteiger partial charge < -0.3 is 16.0 Å². The van der Waals surface area contributed by atoms with Crippen LogP contribution in [0.1, 0.15) is 70.4 Å². The molecule has 0 aliphatic heterocycles. The average Bonchev–Trinajstić information content (AvgIpc) is 4.19. The normalized spacial score (nSPS) is 11.1. The van der Waals surface area contributed by atoms with E-state index >= 15 is 0 Å². The Labute approximate surface area is 544 Å². The number of amides is 2. The van der Waals surface area contributed by atoms with Gasteiger partial charge in [-0.3, -0.25) is 14.8 Å². The van der Waals surface area contributed by atoms with E-state index in [1.54, 1.807) is 60.5 Å². The number of aromatic nitrogens is 2. The first-order chi connectivity index (χ1) is 42.4. The SMILES string of the molecule is BrCCC(c1ccccc1)c1ccccc1.CN(CCC(c1ccccc1)c1ccccc1)C(=O)Nc1nc(-c2ccc(NS(C)(=O)=O)cc2)c(Cl)s1.CNCCC(c1ccccc1)c1ccccc1.CS(=O)(=O)Nc1ccc(-c2nc(N)sc2Cl)cc1. The Bertz CT molecular complexity index is 3800. The second kappa shape index (κ2) is 34.4. The Morgan fingerprint density at radius 2 is 0.841 bits per heavy atom. The average molecular weight is 1360 g/mol. The van der Waals surface area contributed by atoms with Crippen LogP contribution < -0.4 is 25.8 Å². The number of nitrogens with two attached hydrogens (primary N) is 1. The fourth-order valence-electron chi connectivity index (χ4n) is 9.55. The highest BCUT2D eigenvalue weighted by Gasteiger charge is 2.20. The number of halogens is 3. The van der Waals surface area contributed by atoms with E-state index in [0.29, 0.717) is 65.6 Å². The summed E-state index contributed by atoms with van der Waals surface area (Å²) >= 11 is 18.3. The van der Waals surface area contributed by atoms with Crippen LogP contribution >= 0.6 is 61.8 Å². The summed E-state index contributed by atoms with van der Waals surface area (Å²) in [7, 11) is -2.87. The lowest BCUT2D eigenvalue weighted by Crippen LogP contribution is -2.32. The number of nitrogens with one attached hydrogen (secondary N) is 4. The highest BCUT2D eigenvalue weighted by molar-refractivity contribution is 9.09. The zero-order valence-corrected chi connectivity index (χ0v) is 55.5. The molecule has 0 aliphatic rings. The summed E-state index contributed by atoms with van der Waals surface area (Å²) in [6.07, 6.45) is 5.21. The van der Waals surface area contributed by atoms with Crippen molar-refractivity contribution in [3.05, 3.63) is 273 Å². The number of anilines is 4. The van der Waals surface area contributed by atoms with Crippen molar-refractivity contribution < 1.29 is 21.6 Å². The zero-order chi connectivity index (χ0) is 62.9. The Morgan fingerprint density at radius 1 is 0.511 bits per heavy atom. The first-order valence-corrected chi connectivity index (χ1v) is 35.4. The molecule has 0 radical (unpaired) electrons. The van der Waals surface area contributed by atoms with Crippen LogP contribution in [0.3, 0.4) is 0 Å². The number of benzene rings is 8. The number of nitrogens with zero attached hydrogens (tertiary/aromatic N) is 3. The van der Waals surface area contributed by atoms with Gasteiger partial charge in [-0.05, 0) is 90.5 Å². The van der Waals surface area contributed by atoms with Gasteiger partial charge in [0.05, 0.1) is 12.5 Å². The number of thiazole rings is 2. The molecule has 2 amide bonds. The molecule has 0 fully saturated rings. The van der Waals surface area contributed by atoms with Gasteiger partial charge >= 0.3 is 6.03 Å². The summed E-state index contributed by atoms with van der Waals surface area (Å²) in [6.45, 7) is 1.58. The van der Waals surface area contributed by atoms with Crippen LogP contribution in [0.4, 0.5) is 26.4 Å². The Kier molecular flexibility index (Phi) is 26.6. The molecule has 0 saturated heterocycles. The van der Waals surface area contributed by atoms with Gasteiger partial charge in [-0.15, -0.1) is 0 Å². The third kappa shape index (κ3) is 22.0. The van der Waals surface area contributed by atoms with Crippen molar-refractivity contribution in [2.45, 2.75) is 37.0 Å². The first kappa shape index (κ1) is 68.1. The van der Waals surface area contributed by atoms with Gasteiger partial charge in [-0.2, -0.15) is 0 Å².